The molecule has 0 radical (unpaired) electrons. The lowest BCUT2D eigenvalue weighted by Crippen LogP contribution is -1.95. The zero-order valence-electron chi connectivity index (χ0n) is 7.28. The molecule has 1 rings (SSSR count). The van der Waals surface area contributed by atoms with E-state index >= 15 is 0 Å². The Morgan fingerprint density at radius 3 is 2.57 bits per heavy atom. The average molecular weight is 249 g/mol. The van der Waals surface area contributed by atoms with Crippen LogP contribution in [0.25, 0.3) is 0 Å². The first-order chi connectivity index (χ1) is 6.65. The molecule has 0 aromatic heterocycles. The summed E-state index contributed by atoms with van der Waals surface area (Å²) in [5.74, 6) is 5.73. The van der Waals surface area contributed by atoms with E-state index in [2.05, 4.69) is 11.8 Å². The zero-order valence-corrected chi connectivity index (χ0v) is 9.55. The lowest BCUT2D eigenvalue weighted by molar-refractivity contribution is 1.03. The average Bonchev–Trinajstić information content (AvgIpc) is 2.13. The van der Waals surface area contributed by atoms with E-state index in [1.807, 2.05) is 0 Å². The second-order valence-electron chi connectivity index (χ2n) is 2.59. The summed E-state index contributed by atoms with van der Waals surface area (Å²) in [6, 6.07) is 3.26. The smallest absolute Gasteiger partial charge is 0.0749 e. The van der Waals surface area contributed by atoms with Gasteiger partial charge in [0, 0.05) is 23.6 Å². The minimum Gasteiger partial charge on any atom is -0.330 e. The molecule has 0 aliphatic carbocycles. The molecule has 1 aromatic carbocycles. The van der Waals surface area contributed by atoms with E-state index in [1.165, 1.54) is 0 Å². The van der Waals surface area contributed by atoms with Gasteiger partial charge in [0.25, 0.3) is 0 Å². The molecule has 0 atom stereocenters. The molecule has 0 heterocycles. The van der Waals surface area contributed by atoms with Gasteiger partial charge in [-0.15, -0.1) is 0 Å². The Kier molecular flexibility index (Phi) is 4.57. The Balaban J connectivity index is 3.04. The molecule has 0 amide bonds. The largest absolute Gasteiger partial charge is 0.330 e. The second kappa shape index (κ2) is 5.48. The van der Waals surface area contributed by atoms with Gasteiger partial charge < -0.3 is 5.73 Å². The van der Waals surface area contributed by atoms with Crippen LogP contribution in [0.2, 0.25) is 15.1 Å². The summed E-state index contributed by atoms with van der Waals surface area (Å²) in [5, 5.41) is 1.37. The van der Waals surface area contributed by atoms with Crippen molar-refractivity contribution in [2.45, 2.75) is 6.42 Å². The predicted molar refractivity (Wildman–Crippen MR) is 62.0 cm³/mol. The molecule has 4 heteroatoms. The summed E-state index contributed by atoms with van der Waals surface area (Å²) in [4.78, 5) is 0. The van der Waals surface area contributed by atoms with Gasteiger partial charge >= 0.3 is 0 Å². The van der Waals surface area contributed by atoms with Crippen molar-refractivity contribution in [3.05, 3.63) is 32.8 Å². The summed E-state index contributed by atoms with van der Waals surface area (Å²) in [6.45, 7) is 0.527. The molecule has 0 spiro atoms. The molecule has 1 nitrogen and oxygen atoms in total. The number of halogens is 3. The highest BCUT2D eigenvalue weighted by atomic mass is 35.5. The fraction of sp³-hybridized carbons (Fsp3) is 0.200. The van der Waals surface area contributed by atoms with E-state index in [1.54, 1.807) is 12.1 Å². The zero-order chi connectivity index (χ0) is 10.6. The lowest BCUT2D eigenvalue weighted by atomic mass is 10.2. The third-order valence-corrected chi connectivity index (χ3v) is 2.51. The highest BCUT2D eigenvalue weighted by molar-refractivity contribution is 6.43. The van der Waals surface area contributed by atoms with Gasteiger partial charge in [-0.3, -0.25) is 0 Å². The van der Waals surface area contributed by atoms with Crippen molar-refractivity contribution in [1.29, 1.82) is 0 Å². The first-order valence-electron chi connectivity index (χ1n) is 3.98. The van der Waals surface area contributed by atoms with E-state index in [0.29, 0.717) is 33.6 Å². The fourth-order valence-electron chi connectivity index (χ4n) is 0.877. The van der Waals surface area contributed by atoms with Crippen LogP contribution in [0.5, 0.6) is 0 Å². The van der Waals surface area contributed by atoms with Crippen LogP contribution in [0.1, 0.15) is 12.0 Å². The third-order valence-electron chi connectivity index (χ3n) is 1.49. The molecule has 2 N–H and O–H groups in total. The maximum atomic E-state index is 5.92. The van der Waals surface area contributed by atoms with Gasteiger partial charge in [-0.1, -0.05) is 46.6 Å². The molecular formula is C10H8Cl3N. The van der Waals surface area contributed by atoms with Crippen molar-refractivity contribution >= 4 is 34.8 Å². The molecule has 0 unspecified atom stereocenters. The van der Waals surface area contributed by atoms with Crippen molar-refractivity contribution in [3.63, 3.8) is 0 Å². The number of hydrogen-bond acceptors (Lipinski definition) is 1. The fourth-order valence-corrected chi connectivity index (χ4v) is 1.53. The molecule has 0 bridgehead atoms. The molecule has 0 aliphatic heterocycles. The molecular weight excluding hydrogens is 240 g/mol. The summed E-state index contributed by atoms with van der Waals surface area (Å²) in [6.07, 6.45) is 0.625. The van der Waals surface area contributed by atoms with Gasteiger partial charge in [-0.25, -0.2) is 0 Å². The maximum Gasteiger partial charge on any atom is 0.0749 e. The van der Waals surface area contributed by atoms with E-state index in [0.717, 1.165) is 0 Å². The molecule has 0 fully saturated rings. The first-order valence-corrected chi connectivity index (χ1v) is 5.12. The maximum absolute atomic E-state index is 5.92. The third kappa shape index (κ3) is 3.08. The Morgan fingerprint density at radius 2 is 1.93 bits per heavy atom. The van der Waals surface area contributed by atoms with Crippen LogP contribution >= 0.6 is 34.8 Å². The molecule has 14 heavy (non-hydrogen) atoms. The lowest BCUT2D eigenvalue weighted by Gasteiger charge is -1.99. The van der Waals surface area contributed by atoms with Crippen molar-refractivity contribution in [2.75, 3.05) is 6.54 Å². The number of nitrogens with two attached hydrogens (primary N) is 1. The minimum absolute atomic E-state index is 0.413. The quantitative estimate of drug-likeness (QED) is 0.599. The standard InChI is InChI=1S/C10H8Cl3N/c11-8-5-7(3-1-2-4-14)10(13)9(12)6-8/h5-6H,2,4,14H2. The highest BCUT2D eigenvalue weighted by Crippen LogP contribution is 2.29. The summed E-state index contributed by atoms with van der Waals surface area (Å²) < 4.78 is 0. The van der Waals surface area contributed by atoms with Crippen molar-refractivity contribution in [2.24, 2.45) is 5.73 Å². The van der Waals surface area contributed by atoms with E-state index in [9.17, 15) is 0 Å². The van der Waals surface area contributed by atoms with Crippen molar-refractivity contribution in [3.8, 4) is 11.8 Å². The van der Waals surface area contributed by atoms with Gasteiger partial charge in [-0.05, 0) is 12.1 Å². The summed E-state index contributed by atoms with van der Waals surface area (Å²) in [5.41, 5.74) is 5.94. The molecule has 0 saturated carbocycles. The minimum atomic E-state index is 0.413. The normalized spacial score (nSPS) is 9.43. The van der Waals surface area contributed by atoms with E-state index in [-0.39, 0.29) is 0 Å². The topological polar surface area (TPSA) is 26.0 Å². The first kappa shape index (κ1) is 11.7. The van der Waals surface area contributed by atoms with Crippen molar-refractivity contribution in [1.82, 2.24) is 0 Å². The van der Waals surface area contributed by atoms with Gasteiger partial charge in [0.15, 0.2) is 0 Å². The number of benzene rings is 1. The van der Waals surface area contributed by atoms with E-state index in [4.69, 9.17) is 40.5 Å². The van der Waals surface area contributed by atoms with Crippen LogP contribution in [0.3, 0.4) is 0 Å². The van der Waals surface area contributed by atoms with Gasteiger partial charge in [0.05, 0.1) is 10.0 Å². The Bertz CT molecular complexity index is 390. The number of rotatable bonds is 1. The summed E-state index contributed by atoms with van der Waals surface area (Å²) >= 11 is 17.5. The SMILES string of the molecule is NCCC#Cc1cc(Cl)cc(Cl)c1Cl. The Morgan fingerprint density at radius 1 is 1.21 bits per heavy atom. The van der Waals surface area contributed by atoms with Gasteiger partial charge in [-0.2, -0.15) is 0 Å². The van der Waals surface area contributed by atoms with Crippen LogP contribution in [0.4, 0.5) is 0 Å². The molecule has 1 aromatic rings. The second-order valence-corrected chi connectivity index (χ2v) is 3.81. The summed E-state index contributed by atoms with van der Waals surface area (Å²) in [7, 11) is 0. The van der Waals surface area contributed by atoms with Crippen LogP contribution in [0, 0.1) is 11.8 Å². The van der Waals surface area contributed by atoms with Crippen LogP contribution in [-0.2, 0) is 0 Å². The number of hydrogen-bond donors (Lipinski definition) is 1. The molecule has 0 saturated heterocycles. The Hall–Kier alpha value is -0.390. The van der Waals surface area contributed by atoms with E-state index < -0.39 is 0 Å². The molecule has 74 valence electrons. The Labute approximate surface area is 98.1 Å². The van der Waals surface area contributed by atoms with Gasteiger partial charge in [0.1, 0.15) is 0 Å². The monoisotopic (exact) mass is 247 g/mol. The van der Waals surface area contributed by atoms with Gasteiger partial charge in [0.2, 0.25) is 0 Å². The van der Waals surface area contributed by atoms with Crippen LogP contribution < -0.4 is 5.73 Å². The van der Waals surface area contributed by atoms with Crippen molar-refractivity contribution < 1.29 is 0 Å². The van der Waals surface area contributed by atoms with Crippen LogP contribution in [-0.4, -0.2) is 6.54 Å². The highest BCUT2D eigenvalue weighted by Gasteiger charge is 2.04. The molecule has 0 aliphatic rings. The van der Waals surface area contributed by atoms with Crippen LogP contribution in [0.15, 0.2) is 12.1 Å². The predicted octanol–water partition coefficient (Wildman–Crippen LogP) is 3.35.